The number of rotatable bonds is 7. The van der Waals surface area contributed by atoms with E-state index in [1.165, 1.54) is 18.6 Å². The fourth-order valence-electron chi connectivity index (χ4n) is 3.75. The van der Waals surface area contributed by atoms with Crippen molar-refractivity contribution in [3.63, 3.8) is 0 Å². The van der Waals surface area contributed by atoms with Gasteiger partial charge in [-0.3, -0.25) is 10.2 Å². The van der Waals surface area contributed by atoms with E-state index in [1.54, 1.807) is 29.2 Å². The summed E-state index contributed by atoms with van der Waals surface area (Å²) in [5.41, 5.74) is 6.41. The van der Waals surface area contributed by atoms with Gasteiger partial charge in [-0.2, -0.15) is 0 Å². The number of nitrogens with one attached hydrogen (secondary N) is 2. The molecule has 0 radical (unpaired) electrons. The molecule has 34 heavy (non-hydrogen) atoms. The quantitative estimate of drug-likeness (QED) is 0.363. The molecule has 1 aliphatic rings. The predicted octanol–water partition coefficient (Wildman–Crippen LogP) is 3.39. The summed E-state index contributed by atoms with van der Waals surface area (Å²) in [5, 5.41) is 11.9. The van der Waals surface area contributed by atoms with Crippen molar-refractivity contribution in [1.29, 1.82) is 5.41 Å². The zero-order valence-corrected chi connectivity index (χ0v) is 18.4. The average Bonchev–Trinajstić information content (AvgIpc) is 2.85. The molecule has 3 aromatic rings. The molecule has 1 aliphatic heterocycles. The molecule has 174 valence electrons. The van der Waals surface area contributed by atoms with Crippen molar-refractivity contribution in [2.75, 3.05) is 24.1 Å². The van der Waals surface area contributed by atoms with Crippen LogP contribution in [-0.4, -0.2) is 50.6 Å². The highest BCUT2D eigenvalue weighted by atomic mass is 19.1. The van der Waals surface area contributed by atoms with E-state index in [0.717, 1.165) is 18.9 Å². The minimum absolute atomic E-state index is 0.0716. The molecule has 2 aromatic heterocycles. The first-order chi connectivity index (χ1) is 16.5. The van der Waals surface area contributed by atoms with Crippen LogP contribution in [0.4, 0.5) is 16.0 Å². The van der Waals surface area contributed by atoms with Crippen LogP contribution in [0.3, 0.4) is 0 Å². The lowest BCUT2D eigenvalue weighted by Gasteiger charge is -2.33. The monoisotopic (exact) mass is 461 g/mol. The van der Waals surface area contributed by atoms with Crippen molar-refractivity contribution in [2.45, 2.75) is 18.9 Å². The molecule has 0 saturated carbocycles. The number of anilines is 2. The Hall–Kier alpha value is -4.34. The number of carbonyl (C=O) groups excluding carboxylic acids is 1. The highest BCUT2D eigenvalue weighted by Gasteiger charge is 2.25. The molecular weight excluding hydrogens is 437 g/mol. The van der Waals surface area contributed by atoms with Crippen LogP contribution in [0.5, 0.6) is 11.6 Å². The number of amides is 1. The molecular formula is C24H24FN7O2. The van der Waals surface area contributed by atoms with Crippen molar-refractivity contribution >= 4 is 23.3 Å². The second-order valence-electron chi connectivity index (χ2n) is 7.76. The number of benzene rings is 1. The fourth-order valence-corrected chi connectivity index (χ4v) is 3.75. The molecule has 10 heteroatoms. The third-order valence-corrected chi connectivity index (χ3v) is 5.43. The Morgan fingerprint density at radius 1 is 1.29 bits per heavy atom. The first-order valence-electron chi connectivity index (χ1n) is 10.7. The molecule has 1 aromatic carbocycles. The summed E-state index contributed by atoms with van der Waals surface area (Å²) in [6.07, 6.45) is 5.53. The number of nitrogen functional groups attached to an aromatic ring is 1. The number of hydrogen-bond donors (Lipinski definition) is 3. The van der Waals surface area contributed by atoms with Gasteiger partial charge in [-0.1, -0.05) is 24.8 Å². The van der Waals surface area contributed by atoms with Crippen LogP contribution >= 0.6 is 0 Å². The predicted molar refractivity (Wildman–Crippen MR) is 127 cm³/mol. The zero-order chi connectivity index (χ0) is 24.1. The summed E-state index contributed by atoms with van der Waals surface area (Å²) in [6.45, 7) is 4.66. The molecule has 0 bridgehead atoms. The molecule has 0 aliphatic carbocycles. The minimum Gasteiger partial charge on any atom is -0.436 e. The van der Waals surface area contributed by atoms with Crippen molar-refractivity contribution in [3.05, 3.63) is 78.5 Å². The fraction of sp³-hybridized carbons (Fsp3) is 0.208. The molecule has 0 spiro atoms. The first-order valence-corrected chi connectivity index (χ1v) is 10.7. The van der Waals surface area contributed by atoms with Crippen LogP contribution in [0.2, 0.25) is 0 Å². The van der Waals surface area contributed by atoms with Crippen LogP contribution in [0.15, 0.2) is 61.6 Å². The Kier molecular flexibility index (Phi) is 6.77. The molecule has 1 amide bonds. The summed E-state index contributed by atoms with van der Waals surface area (Å²) in [4.78, 5) is 26.0. The van der Waals surface area contributed by atoms with E-state index in [-0.39, 0.29) is 40.5 Å². The number of likely N-dealkylation sites (tertiary alicyclic amines) is 1. The number of aromatic nitrogens is 3. The van der Waals surface area contributed by atoms with Gasteiger partial charge >= 0.3 is 0 Å². The van der Waals surface area contributed by atoms with Gasteiger partial charge in [-0.25, -0.2) is 19.3 Å². The molecule has 4 N–H and O–H groups in total. The van der Waals surface area contributed by atoms with Gasteiger partial charge in [-0.15, -0.1) is 0 Å². The van der Waals surface area contributed by atoms with Crippen molar-refractivity contribution in [2.24, 2.45) is 0 Å². The SMILES string of the molecule is C=CC(=O)N1CCCC(Nc2ncnc(N)c2C(=N)c2cnc(Oc3ccccc3)c(F)c2)C1. The second kappa shape index (κ2) is 10.1. The van der Waals surface area contributed by atoms with E-state index < -0.39 is 5.82 Å². The molecule has 1 atom stereocenters. The van der Waals surface area contributed by atoms with Gasteiger partial charge in [-0.05, 0) is 37.1 Å². The molecule has 4 rings (SSSR count). The van der Waals surface area contributed by atoms with Gasteiger partial charge in [0.1, 0.15) is 23.7 Å². The van der Waals surface area contributed by atoms with E-state index in [4.69, 9.17) is 15.9 Å². The molecule has 9 nitrogen and oxygen atoms in total. The number of pyridine rings is 1. The molecule has 3 heterocycles. The number of ether oxygens (including phenoxy) is 1. The van der Waals surface area contributed by atoms with E-state index in [2.05, 4.69) is 26.8 Å². The average molecular weight is 462 g/mol. The van der Waals surface area contributed by atoms with Crippen LogP contribution < -0.4 is 15.8 Å². The Balaban J connectivity index is 1.56. The van der Waals surface area contributed by atoms with Crippen molar-refractivity contribution in [1.82, 2.24) is 19.9 Å². The number of nitrogens with zero attached hydrogens (tertiary/aromatic N) is 4. The summed E-state index contributed by atoms with van der Waals surface area (Å²) in [6, 6.07) is 9.79. The molecule has 1 fully saturated rings. The van der Waals surface area contributed by atoms with E-state index >= 15 is 0 Å². The van der Waals surface area contributed by atoms with Crippen LogP contribution in [0, 0.1) is 11.2 Å². The number of piperidine rings is 1. The van der Waals surface area contributed by atoms with Gasteiger partial charge in [0.2, 0.25) is 5.91 Å². The lowest BCUT2D eigenvalue weighted by molar-refractivity contribution is -0.127. The second-order valence-corrected chi connectivity index (χ2v) is 7.76. The van der Waals surface area contributed by atoms with Crippen LogP contribution in [-0.2, 0) is 4.79 Å². The number of halogens is 1. The Bertz CT molecular complexity index is 1220. The standard InChI is InChI=1S/C24H24FN7O2/c1-2-19(33)32-10-6-7-16(13-32)31-23-20(22(27)29-14-30-23)21(26)15-11-18(25)24(28-12-15)34-17-8-4-3-5-9-17/h2-5,8-9,11-12,14,16,26H,1,6-7,10,13H2,(H3,27,29,30,31). The highest BCUT2D eigenvalue weighted by Crippen LogP contribution is 2.27. The maximum atomic E-state index is 14.7. The van der Waals surface area contributed by atoms with Crippen molar-refractivity contribution < 1.29 is 13.9 Å². The lowest BCUT2D eigenvalue weighted by Crippen LogP contribution is -2.44. The largest absolute Gasteiger partial charge is 0.436 e. The van der Waals surface area contributed by atoms with Crippen LogP contribution in [0.25, 0.3) is 0 Å². The van der Waals surface area contributed by atoms with Gasteiger partial charge in [0.15, 0.2) is 5.82 Å². The number of para-hydroxylation sites is 1. The molecule has 1 unspecified atom stereocenters. The topological polar surface area (TPSA) is 130 Å². The maximum absolute atomic E-state index is 14.7. The Labute approximate surface area is 196 Å². The van der Waals surface area contributed by atoms with Crippen molar-refractivity contribution in [3.8, 4) is 11.6 Å². The number of nitrogens with two attached hydrogens (primary N) is 1. The zero-order valence-electron chi connectivity index (χ0n) is 18.4. The number of hydrogen-bond acceptors (Lipinski definition) is 8. The summed E-state index contributed by atoms with van der Waals surface area (Å²) in [5.74, 6) is -0.210. The summed E-state index contributed by atoms with van der Waals surface area (Å²) in [7, 11) is 0. The Morgan fingerprint density at radius 2 is 2.09 bits per heavy atom. The maximum Gasteiger partial charge on any atom is 0.255 e. The van der Waals surface area contributed by atoms with Gasteiger partial charge in [0, 0.05) is 30.9 Å². The van der Waals surface area contributed by atoms with Gasteiger partial charge in [0.25, 0.3) is 5.88 Å². The normalized spacial score (nSPS) is 15.4. The minimum atomic E-state index is -0.720. The lowest BCUT2D eigenvalue weighted by atomic mass is 10.0. The van der Waals surface area contributed by atoms with E-state index in [0.29, 0.717) is 24.7 Å². The Morgan fingerprint density at radius 3 is 2.82 bits per heavy atom. The third kappa shape index (κ3) is 5.01. The third-order valence-electron chi connectivity index (χ3n) is 5.43. The van der Waals surface area contributed by atoms with Gasteiger partial charge < -0.3 is 20.7 Å². The van der Waals surface area contributed by atoms with Gasteiger partial charge in [0.05, 0.1) is 11.3 Å². The smallest absolute Gasteiger partial charge is 0.255 e. The van der Waals surface area contributed by atoms with Crippen LogP contribution in [0.1, 0.15) is 24.0 Å². The van der Waals surface area contributed by atoms with E-state index in [1.807, 2.05) is 6.07 Å². The summed E-state index contributed by atoms with van der Waals surface area (Å²) < 4.78 is 20.2. The highest BCUT2D eigenvalue weighted by molar-refractivity contribution is 6.16. The summed E-state index contributed by atoms with van der Waals surface area (Å²) >= 11 is 0. The van der Waals surface area contributed by atoms with E-state index in [9.17, 15) is 9.18 Å². The first kappa shape index (κ1) is 22.8. The molecule has 1 saturated heterocycles. The number of carbonyl (C=O) groups is 1.